The second kappa shape index (κ2) is 8.24. The van der Waals surface area contributed by atoms with Crippen LogP contribution in [0.3, 0.4) is 0 Å². The lowest BCUT2D eigenvalue weighted by Crippen LogP contribution is -2.47. The average molecular weight is 406 g/mol. The largest absolute Gasteiger partial charge is 0.497 e. The van der Waals surface area contributed by atoms with Gasteiger partial charge in [0.25, 0.3) is 0 Å². The standard InChI is InChI=1S/C21H22N6O3/c1-4-26-19-14(12-23-20(25-19)24-15-5-7-22-8-6-15)13-27(21(26)28)16-9-17(29-2)11-18(10-16)30-3/h5-12H,4,13H2,1-3H3,(H,22,23,24,25). The first kappa shape index (κ1) is 19.4. The van der Waals surface area contributed by atoms with E-state index in [4.69, 9.17) is 9.47 Å². The summed E-state index contributed by atoms with van der Waals surface area (Å²) in [4.78, 5) is 29.6. The maximum absolute atomic E-state index is 13.3. The number of benzene rings is 1. The van der Waals surface area contributed by atoms with E-state index in [9.17, 15) is 4.79 Å². The number of aromatic nitrogens is 3. The number of pyridine rings is 1. The van der Waals surface area contributed by atoms with Gasteiger partial charge >= 0.3 is 6.03 Å². The van der Waals surface area contributed by atoms with Gasteiger partial charge in [-0.15, -0.1) is 0 Å². The number of amides is 2. The van der Waals surface area contributed by atoms with Crippen LogP contribution in [-0.4, -0.2) is 41.7 Å². The molecule has 2 aromatic heterocycles. The summed E-state index contributed by atoms with van der Waals surface area (Å²) in [5.74, 6) is 2.24. The van der Waals surface area contributed by atoms with Gasteiger partial charge in [0, 0.05) is 54.6 Å². The Morgan fingerprint density at radius 1 is 1.10 bits per heavy atom. The number of methoxy groups -OCH3 is 2. The third-order valence-corrected chi connectivity index (χ3v) is 4.79. The molecule has 1 N–H and O–H groups in total. The number of ether oxygens (including phenoxy) is 2. The molecule has 3 heterocycles. The number of hydrogen-bond donors (Lipinski definition) is 1. The molecule has 1 aliphatic heterocycles. The molecule has 0 unspecified atom stereocenters. The Bertz CT molecular complexity index is 1040. The van der Waals surface area contributed by atoms with E-state index in [1.165, 1.54) is 0 Å². The summed E-state index contributed by atoms with van der Waals surface area (Å²) in [6.07, 6.45) is 5.11. The molecule has 30 heavy (non-hydrogen) atoms. The number of nitrogens with one attached hydrogen (secondary N) is 1. The van der Waals surface area contributed by atoms with Gasteiger partial charge < -0.3 is 14.8 Å². The molecule has 0 bridgehead atoms. The van der Waals surface area contributed by atoms with Crippen LogP contribution in [0, 0.1) is 0 Å². The van der Waals surface area contributed by atoms with Crippen LogP contribution in [0.15, 0.2) is 48.9 Å². The molecule has 9 heteroatoms. The topological polar surface area (TPSA) is 92.7 Å². The van der Waals surface area contributed by atoms with E-state index in [2.05, 4.69) is 20.3 Å². The van der Waals surface area contributed by atoms with Crippen molar-refractivity contribution in [3.05, 3.63) is 54.5 Å². The van der Waals surface area contributed by atoms with Gasteiger partial charge in [0.1, 0.15) is 17.3 Å². The van der Waals surface area contributed by atoms with Gasteiger partial charge in [0.05, 0.1) is 26.5 Å². The number of rotatable bonds is 6. The summed E-state index contributed by atoms with van der Waals surface area (Å²) in [6, 6.07) is 8.85. The fourth-order valence-electron chi connectivity index (χ4n) is 3.28. The van der Waals surface area contributed by atoms with Crippen LogP contribution in [0.2, 0.25) is 0 Å². The Labute approximate surface area is 174 Å². The van der Waals surface area contributed by atoms with Gasteiger partial charge in [-0.2, -0.15) is 4.98 Å². The van der Waals surface area contributed by atoms with Gasteiger partial charge in [0.2, 0.25) is 5.95 Å². The van der Waals surface area contributed by atoms with Crippen molar-refractivity contribution in [1.82, 2.24) is 15.0 Å². The van der Waals surface area contributed by atoms with Crippen molar-refractivity contribution < 1.29 is 14.3 Å². The monoisotopic (exact) mass is 406 g/mol. The number of urea groups is 1. The highest BCUT2D eigenvalue weighted by atomic mass is 16.5. The average Bonchev–Trinajstić information content (AvgIpc) is 2.79. The van der Waals surface area contributed by atoms with E-state index in [1.807, 2.05) is 19.1 Å². The third kappa shape index (κ3) is 3.69. The number of fused-ring (bicyclic) bond motifs is 1. The first-order valence-corrected chi connectivity index (χ1v) is 9.48. The molecule has 1 aromatic carbocycles. The molecular formula is C21H22N6O3. The van der Waals surface area contributed by atoms with Crippen molar-refractivity contribution in [2.75, 3.05) is 35.9 Å². The van der Waals surface area contributed by atoms with E-state index >= 15 is 0 Å². The quantitative estimate of drug-likeness (QED) is 0.668. The van der Waals surface area contributed by atoms with Crippen LogP contribution >= 0.6 is 0 Å². The Morgan fingerprint density at radius 2 is 1.80 bits per heavy atom. The third-order valence-electron chi connectivity index (χ3n) is 4.79. The summed E-state index contributed by atoms with van der Waals surface area (Å²) in [6.45, 7) is 2.72. The van der Waals surface area contributed by atoms with Crippen molar-refractivity contribution in [2.24, 2.45) is 0 Å². The number of carbonyl (C=O) groups is 1. The zero-order chi connectivity index (χ0) is 21.1. The van der Waals surface area contributed by atoms with Gasteiger partial charge in [-0.25, -0.2) is 9.78 Å². The Kier molecular flexibility index (Phi) is 5.34. The van der Waals surface area contributed by atoms with Crippen molar-refractivity contribution in [2.45, 2.75) is 13.5 Å². The van der Waals surface area contributed by atoms with Crippen LogP contribution in [0.1, 0.15) is 12.5 Å². The van der Waals surface area contributed by atoms with E-state index in [-0.39, 0.29) is 6.03 Å². The van der Waals surface area contributed by atoms with E-state index in [1.54, 1.807) is 60.8 Å². The highest BCUT2D eigenvalue weighted by Gasteiger charge is 2.32. The molecular weight excluding hydrogens is 384 g/mol. The van der Waals surface area contributed by atoms with Gasteiger partial charge in [-0.05, 0) is 19.1 Å². The van der Waals surface area contributed by atoms with Crippen LogP contribution in [0.5, 0.6) is 11.5 Å². The summed E-state index contributed by atoms with van der Waals surface area (Å²) >= 11 is 0. The number of nitrogens with zero attached hydrogens (tertiary/aromatic N) is 5. The first-order valence-electron chi connectivity index (χ1n) is 9.48. The summed E-state index contributed by atoms with van der Waals surface area (Å²) in [5, 5.41) is 3.14. The van der Waals surface area contributed by atoms with Crippen LogP contribution in [0.25, 0.3) is 0 Å². The Hall–Kier alpha value is -3.88. The lowest BCUT2D eigenvalue weighted by Gasteiger charge is -2.35. The molecule has 0 aliphatic carbocycles. The highest BCUT2D eigenvalue weighted by Crippen LogP contribution is 2.34. The van der Waals surface area contributed by atoms with Gasteiger partial charge in [-0.1, -0.05) is 0 Å². The molecule has 4 rings (SSSR count). The fourth-order valence-corrected chi connectivity index (χ4v) is 3.28. The number of hydrogen-bond acceptors (Lipinski definition) is 7. The van der Waals surface area contributed by atoms with E-state index in [0.29, 0.717) is 42.0 Å². The smallest absolute Gasteiger partial charge is 0.330 e. The minimum atomic E-state index is -0.172. The van der Waals surface area contributed by atoms with Crippen molar-refractivity contribution in [1.29, 1.82) is 0 Å². The number of anilines is 4. The van der Waals surface area contributed by atoms with Crippen LogP contribution in [-0.2, 0) is 6.54 Å². The lowest BCUT2D eigenvalue weighted by molar-refractivity contribution is 0.250. The fraction of sp³-hybridized carbons (Fsp3) is 0.238. The summed E-state index contributed by atoms with van der Waals surface area (Å²) < 4.78 is 10.7. The Balaban J connectivity index is 1.68. The highest BCUT2D eigenvalue weighted by molar-refractivity contribution is 6.05. The molecule has 9 nitrogen and oxygen atoms in total. The molecule has 0 fully saturated rings. The molecule has 154 valence electrons. The van der Waals surface area contributed by atoms with Crippen LogP contribution in [0.4, 0.5) is 27.9 Å². The maximum atomic E-state index is 13.3. The second-order valence-corrected chi connectivity index (χ2v) is 6.59. The zero-order valence-corrected chi connectivity index (χ0v) is 17.0. The van der Waals surface area contributed by atoms with Crippen molar-refractivity contribution >= 4 is 29.2 Å². The minimum Gasteiger partial charge on any atom is -0.497 e. The van der Waals surface area contributed by atoms with E-state index in [0.717, 1.165) is 11.3 Å². The Morgan fingerprint density at radius 3 is 2.43 bits per heavy atom. The first-order chi connectivity index (χ1) is 14.6. The molecule has 0 saturated heterocycles. The van der Waals surface area contributed by atoms with Crippen molar-refractivity contribution in [3.63, 3.8) is 0 Å². The lowest BCUT2D eigenvalue weighted by atomic mass is 10.1. The molecule has 2 amide bonds. The molecule has 0 atom stereocenters. The molecule has 1 aliphatic rings. The SMILES string of the molecule is CCN1C(=O)N(c2cc(OC)cc(OC)c2)Cc2cnc(Nc3ccncc3)nc21. The predicted octanol–water partition coefficient (Wildman–Crippen LogP) is 3.60. The second-order valence-electron chi connectivity index (χ2n) is 6.59. The van der Waals surface area contributed by atoms with E-state index < -0.39 is 0 Å². The van der Waals surface area contributed by atoms with Crippen molar-refractivity contribution in [3.8, 4) is 11.5 Å². The molecule has 0 radical (unpaired) electrons. The maximum Gasteiger partial charge on any atom is 0.330 e. The summed E-state index contributed by atoms with van der Waals surface area (Å²) in [7, 11) is 3.16. The minimum absolute atomic E-state index is 0.172. The molecule has 0 spiro atoms. The van der Waals surface area contributed by atoms with Gasteiger partial charge in [0.15, 0.2) is 0 Å². The van der Waals surface area contributed by atoms with Crippen LogP contribution < -0.4 is 24.6 Å². The molecule has 0 saturated carbocycles. The molecule has 3 aromatic rings. The normalized spacial score (nSPS) is 13.1. The predicted molar refractivity (Wildman–Crippen MR) is 114 cm³/mol. The zero-order valence-electron chi connectivity index (χ0n) is 17.0. The number of carbonyl (C=O) groups excluding carboxylic acids is 1. The summed E-state index contributed by atoms with van der Waals surface area (Å²) in [5.41, 5.74) is 2.35. The van der Waals surface area contributed by atoms with Gasteiger partial charge in [-0.3, -0.25) is 14.8 Å².